The van der Waals surface area contributed by atoms with E-state index in [0.29, 0.717) is 0 Å². The van der Waals surface area contributed by atoms with Gasteiger partial charge in [0.2, 0.25) is 0 Å². The molecule has 0 unspecified atom stereocenters. The Kier molecular flexibility index (Phi) is 4.24. The van der Waals surface area contributed by atoms with Crippen LogP contribution in [0, 0.1) is 0 Å². The van der Waals surface area contributed by atoms with Crippen LogP contribution in [0.25, 0.3) is 22.2 Å². The van der Waals surface area contributed by atoms with Gasteiger partial charge in [-0.15, -0.1) is 0 Å². The molecule has 0 spiro atoms. The molecule has 0 bridgehead atoms. The number of anilines is 1. The summed E-state index contributed by atoms with van der Waals surface area (Å²) in [4.78, 5) is 14.1. The molecular formula is C20H22N4O. The Morgan fingerprint density at radius 3 is 2.52 bits per heavy atom. The zero-order chi connectivity index (χ0) is 17.2. The highest BCUT2D eigenvalue weighted by atomic mass is 16.3. The average Bonchev–Trinajstić information content (AvgIpc) is 2.86. The number of hydrogen-bond acceptors (Lipinski definition) is 5. The van der Waals surface area contributed by atoms with Crippen LogP contribution in [0.4, 0.5) is 5.82 Å². The Morgan fingerprint density at radius 1 is 0.880 bits per heavy atom. The molecule has 3 aromatic rings. The van der Waals surface area contributed by atoms with Gasteiger partial charge in [-0.3, -0.25) is 4.98 Å². The van der Waals surface area contributed by atoms with Crippen LogP contribution in [0.15, 0.2) is 48.7 Å². The number of aromatic hydroxyl groups is 1. The quantitative estimate of drug-likeness (QED) is 0.780. The van der Waals surface area contributed by atoms with Crippen molar-refractivity contribution in [2.75, 3.05) is 38.1 Å². The Bertz CT molecular complexity index is 879. The first-order valence-electron chi connectivity index (χ1n) is 8.69. The van der Waals surface area contributed by atoms with Crippen LogP contribution in [0.1, 0.15) is 6.42 Å². The number of rotatable bonds is 2. The molecular weight excluding hydrogens is 312 g/mol. The van der Waals surface area contributed by atoms with E-state index in [4.69, 9.17) is 4.98 Å². The minimum atomic E-state index is 0.276. The average molecular weight is 334 g/mol. The zero-order valence-corrected chi connectivity index (χ0v) is 14.4. The minimum Gasteiger partial charge on any atom is -0.508 e. The summed E-state index contributed by atoms with van der Waals surface area (Å²) in [5.74, 6) is 1.23. The second-order valence-electron chi connectivity index (χ2n) is 6.62. The van der Waals surface area contributed by atoms with Crippen LogP contribution >= 0.6 is 0 Å². The van der Waals surface area contributed by atoms with E-state index in [1.54, 1.807) is 12.1 Å². The van der Waals surface area contributed by atoms with Crippen LogP contribution < -0.4 is 4.90 Å². The van der Waals surface area contributed by atoms with Crippen molar-refractivity contribution < 1.29 is 5.11 Å². The largest absolute Gasteiger partial charge is 0.508 e. The van der Waals surface area contributed by atoms with Gasteiger partial charge in [-0.25, -0.2) is 4.98 Å². The van der Waals surface area contributed by atoms with Crippen molar-refractivity contribution in [1.29, 1.82) is 0 Å². The first kappa shape index (κ1) is 15.8. The lowest BCUT2D eigenvalue weighted by Crippen LogP contribution is -2.29. The number of benzene rings is 2. The number of likely N-dealkylation sites (N-methyl/N-ethyl adjacent to an activating group) is 1. The van der Waals surface area contributed by atoms with Gasteiger partial charge in [-0.1, -0.05) is 18.2 Å². The molecule has 1 aliphatic rings. The molecule has 0 aliphatic carbocycles. The Balaban J connectivity index is 1.68. The summed E-state index contributed by atoms with van der Waals surface area (Å²) >= 11 is 0. The van der Waals surface area contributed by atoms with Crippen LogP contribution in [-0.4, -0.2) is 53.2 Å². The van der Waals surface area contributed by atoms with Crippen molar-refractivity contribution >= 4 is 16.9 Å². The van der Waals surface area contributed by atoms with Gasteiger partial charge in [0.15, 0.2) is 0 Å². The van der Waals surface area contributed by atoms with E-state index in [-0.39, 0.29) is 5.75 Å². The summed E-state index contributed by atoms with van der Waals surface area (Å²) in [5.41, 5.74) is 3.94. The Morgan fingerprint density at radius 2 is 1.68 bits per heavy atom. The van der Waals surface area contributed by atoms with Gasteiger partial charge in [-0.05, 0) is 55.4 Å². The molecule has 25 heavy (non-hydrogen) atoms. The predicted octanol–water partition coefficient (Wildman–Crippen LogP) is 3.14. The second kappa shape index (κ2) is 6.69. The summed E-state index contributed by atoms with van der Waals surface area (Å²) < 4.78 is 0. The Labute approximate surface area is 147 Å². The summed E-state index contributed by atoms with van der Waals surface area (Å²) in [6.07, 6.45) is 3.03. The maximum absolute atomic E-state index is 9.47. The molecule has 0 radical (unpaired) electrons. The third kappa shape index (κ3) is 3.42. The van der Waals surface area contributed by atoms with Crippen LogP contribution in [-0.2, 0) is 0 Å². The number of aromatic nitrogens is 2. The topological polar surface area (TPSA) is 52.5 Å². The van der Waals surface area contributed by atoms with Gasteiger partial charge in [0, 0.05) is 19.6 Å². The highest BCUT2D eigenvalue weighted by molar-refractivity contribution is 5.82. The Hall–Kier alpha value is -2.66. The molecule has 128 valence electrons. The van der Waals surface area contributed by atoms with E-state index in [9.17, 15) is 5.11 Å². The summed E-state index contributed by atoms with van der Waals surface area (Å²) in [7, 11) is 2.17. The van der Waals surface area contributed by atoms with E-state index < -0.39 is 0 Å². The lowest BCUT2D eigenvalue weighted by Gasteiger charge is -2.21. The monoisotopic (exact) mass is 334 g/mol. The predicted molar refractivity (Wildman–Crippen MR) is 101 cm³/mol. The zero-order valence-electron chi connectivity index (χ0n) is 14.4. The van der Waals surface area contributed by atoms with E-state index in [0.717, 1.165) is 60.6 Å². The first-order chi connectivity index (χ1) is 12.2. The number of phenols is 1. The molecule has 5 nitrogen and oxygen atoms in total. The molecule has 0 atom stereocenters. The fourth-order valence-corrected chi connectivity index (χ4v) is 3.26. The lowest BCUT2D eigenvalue weighted by atomic mass is 10.0. The number of phenolic OH excluding ortho intramolecular Hbond substituents is 1. The summed E-state index contributed by atoms with van der Waals surface area (Å²) in [6, 6.07) is 13.4. The molecule has 1 N–H and O–H groups in total. The van der Waals surface area contributed by atoms with E-state index >= 15 is 0 Å². The molecule has 0 saturated carbocycles. The van der Waals surface area contributed by atoms with Gasteiger partial charge >= 0.3 is 0 Å². The van der Waals surface area contributed by atoms with Crippen LogP contribution in [0.5, 0.6) is 5.75 Å². The minimum absolute atomic E-state index is 0.276. The maximum atomic E-state index is 9.47. The number of nitrogens with zero attached hydrogens (tertiary/aromatic N) is 4. The standard InChI is InChI=1S/C20H22N4O/c1-23-9-2-10-24(12-11-23)20-14-21-18-8-5-16(13-19(18)22-20)15-3-6-17(25)7-4-15/h3-8,13-14,25H,2,9-12H2,1H3. The molecule has 1 aliphatic heterocycles. The van der Waals surface area contributed by atoms with E-state index in [1.165, 1.54) is 0 Å². The summed E-state index contributed by atoms with van der Waals surface area (Å²) in [5, 5.41) is 9.47. The number of fused-ring (bicyclic) bond motifs is 1. The smallest absolute Gasteiger partial charge is 0.147 e. The molecule has 2 aromatic carbocycles. The molecule has 1 fully saturated rings. The molecule has 0 amide bonds. The maximum Gasteiger partial charge on any atom is 0.147 e. The van der Waals surface area contributed by atoms with Gasteiger partial charge in [0.25, 0.3) is 0 Å². The number of hydrogen-bond donors (Lipinski definition) is 1. The SMILES string of the molecule is CN1CCCN(c2cnc3ccc(-c4ccc(O)cc4)cc3n2)CC1. The summed E-state index contributed by atoms with van der Waals surface area (Å²) in [6.45, 7) is 4.17. The van der Waals surface area contributed by atoms with Crippen molar-refractivity contribution in [2.45, 2.75) is 6.42 Å². The second-order valence-corrected chi connectivity index (χ2v) is 6.62. The molecule has 1 saturated heterocycles. The van der Waals surface area contributed by atoms with Crippen molar-refractivity contribution in [2.24, 2.45) is 0 Å². The van der Waals surface area contributed by atoms with Gasteiger partial charge in [0.05, 0.1) is 17.2 Å². The fourth-order valence-electron chi connectivity index (χ4n) is 3.26. The molecule has 2 heterocycles. The van der Waals surface area contributed by atoms with Gasteiger partial charge in [-0.2, -0.15) is 0 Å². The third-order valence-corrected chi connectivity index (χ3v) is 4.77. The van der Waals surface area contributed by atoms with Crippen LogP contribution in [0.3, 0.4) is 0 Å². The van der Waals surface area contributed by atoms with Gasteiger partial charge < -0.3 is 14.9 Å². The highest BCUT2D eigenvalue weighted by Crippen LogP contribution is 2.25. The lowest BCUT2D eigenvalue weighted by molar-refractivity contribution is 0.360. The highest BCUT2D eigenvalue weighted by Gasteiger charge is 2.14. The van der Waals surface area contributed by atoms with E-state index in [1.807, 2.05) is 30.5 Å². The molecule has 5 heteroatoms. The van der Waals surface area contributed by atoms with Crippen LogP contribution in [0.2, 0.25) is 0 Å². The third-order valence-electron chi connectivity index (χ3n) is 4.77. The normalized spacial score (nSPS) is 16.1. The fraction of sp³-hybridized carbons (Fsp3) is 0.300. The van der Waals surface area contributed by atoms with E-state index in [2.05, 4.69) is 27.9 Å². The van der Waals surface area contributed by atoms with Crippen molar-refractivity contribution in [3.05, 3.63) is 48.7 Å². The van der Waals surface area contributed by atoms with Crippen molar-refractivity contribution in [3.63, 3.8) is 0 Å². The van der Waals surface area contributed by atoms with Crippen molar-refractivity contribution in [3.8, 4) is 16.9 Å². The molecule has 1 aromatic heterocycles. The van der Waals surface area contributed by atoms with Crippen molar-refractivity contribution in [1.82, 2.24) is 14.9 Å². The van der Waals surface area contributed by atoms with Gasteiger partial charge in [0.1, 0.15) is 11.6 Å². The molecule has 4 rings (SSSR count). The first-order valence-corrected chi connectivity index (χ1v) is 8.69.